The highest BCUT2D eigenvalue weighted by molar-refractivity contribution is 9.10. The lowest BCUT2D eigenvalue weighted by Crippen LogP contribution is -2.27. The molecule has 2 aromatic carbocycles. The summed E-state index contributed by atoms with van der Waals surface area (Å²) < 4.78 is 38.0. The monoisotopic (exact) mass is 460 g/mol. The first-order chi connectivity index (χ1) is 12.7. The highest BCUT2D eigenvalue weighted by Gasteiger charge is 2.27. The molecule has 0 atom stereocenters. The van der Waals surface area contributed by atoms with Crippen LogP contribution in [0.1, 0.15) is 16.8 Å². The summed E-state index contributed by atoms with van der Waals surface area (Å²) in [7, 11) is 0. The summed E-state index contributed by atoms with van der Waals surface area (Å²) in [6, 6.07) is 13.0. The van der Waals surface area contributed by atoms with E-state index in [9.17, 15) is 22.8 Å². The summed E-state index contributed by atoms with van der Waals surface area (Å²) in [5.41, 5.74) is 0.781. The molecule has 2 amide bonds. The van der Waals surface area contributed by atoms with E-state index in [0.29, 0.717) is 27.9 Å². The van der Waals surface area contributed by atoms with Crippen LogP contribution in [0.4, 0.5) is 18.9 Å². The number of para-hydroxylation sites is 1. The standard InChI is InChI=1S/C18H16BrF3N2O2S/c19-13-7-5-12(6-8-13)17(26)23-10-9-16(25)24-14-3-1-2-4-15(14)27-11-18(20,21)22/h1-8H,9-11H2,(H,23,26)(H,24,25). The number of nitrogens with one attached hydrogen (secondary N) is 2. The number of carbonyl (C=O) groups excluding carboxylic acids is 2. The topological polar surface area (TPSA) is 58.2 Å². The number of rotatable bonds is 7. The smallest absolute Gasteiger partial charge is 0.352 e. The van der Waals surface area contributed by atoms with E-state index in [1.54, 1.807) is 36.4 Å². The van der Waals surface area contributed by atoms with Crippen LogP contribution >= 0.6 is 27.7 Å². The maximum Gasteiger partial charge on any atom is 0.398 e. The Morgan fingerprint density at radius 1 is 1.04 bits per heavy atom. The van der Waals surface area contributed by atoms with E-state index in [2.05, 4.69) is 26.6 Å². The average molecular weight is 461 g/mol. The molecule has 0 aromatic heterocycles. The van der Waals surface area contributed by atoms with Gasteiger partial charge < -0.3 is 10.6 Å². The van der Waals surface area contributed by atoms with Crippen molar-refractivity contribution in [2.45, 2.75) is 17.5 Å². The molecule has 2 aromatic rings. The van der Waals surface area contributed by atoms with Crippen LogP contribution in [-0.4, -0.2) is 30.3 Å². The van der Waals surface area contributed by atoms with Gasteiger partial charge in [-0.3, -0.25) is 9.59 Å². The predicted molar refractivity (Wildman–Crippen MR) is 103 cm³/mol. The van der Waals surface area contributed by atoms with Crippen molar-refractivity contribution in [1.29, 1.82) is 0 Å². The zero-order chi connectivity index (χ0) is 19.9. The van der Waals surface area contributed by atoms with Gasteiger partial charge >= 0.3 is 6.18 Å². The van der Waals surface area contributed by atoms with Crippen LogP contribution in [-0.2, 0) is 4.79 Å². The van der Waals surface area contributed by atoms with Gasteiger partial charge in [0.1, 0.15) is 0 Å². The second-order valence-corrected chi connectivity index (χ2v) is 7.39. The predicted octanol–water partition coefficient (Wildman–Crippen LogP) is 4.86. The summed E-state index contributed by atoms with van der Waals surface area (Å²) in [6.45, 7) is 0.110. The van der Waals surface area contributed by atoms with Crippen molar-refractivity contribution in [2.75, 3.05) is 17.6 Å². The first-order valence-corrected chi connectivity index (χ1v) is 9.64. The molecule has 2 rings (SSSR count). The van der Waals surface area contributed by atoms with Crippen LogP contribution < -0.4 is 10.6 Å². The Bertz CT molecular complexity index is 798. The van der Waals surface area contributed by atoms with E-state index in [4.69, 9.17) is 0 Å². The SMILES string of the molecule is O=C(CCNC(=O)c1ccc(Br)cc1)Nc1ccccc1SCC(F)(F)F. The molecule has 0 bridgehead atoms. The van der Waals surface area contributed by atoms with Crippen LogP contribution in [0.15, 0.2) is 57.9 Å². The van der Waals surface area contributed by atoms with E-state index >= 15 is 0 Å². The summed E-state index contributed by atoms with van der Waals surface area (Å²) in [6.07, 6.45) is -4.29. The molecule has 0 fully saturated rings. The highest BCUT2D eigenvalue weighted by Crippen LogP contribution is 2.32. The maximum absolute atomic E-state index is 12.4. The summed E-state index contributed by atoms with van der Waals surface area (Å²) >= 11 is 3.89. The second kappa shape index (κ2) is 9.80. The molecule has 9 heteroatoms. The Labute approximate surface area is 167 Å². The molecule has 4 nitrogen and oxygen atoms in total. The van der Waals surface area contributed by atoms with Crippen molar-refractivity contribution in [3.63, 3.8) is 0 Å². The molecule has 0 spiro atoms. The third kappa shape index (κ3) is 7.64. The number of halogens is 4. The fraction of sp³-hybridized carbons (Fsp3) is 0.222. The number of benzene rings is 2. The molecule has 2 N–H and O–H groups in total. The molecular formula is C18H16BrF3N2O2S. The lowest BCUT2D eigenvalue weighted by molar-refractivity contribution is -0.116. The van der Waals surface area contributed by atoms with Crippen molar-refractivity contribution >= 4 is 45.2 Å². The van der Waals surface area contributed by atoms with Crippen molar-refractivity contribution in [3.05, 3.63) is 58.6 Å². The molecule has 0 heterocycles. The number of alkyl halides is 3. The minimum absolute atomic E-state index is 0.000536. The molecule has 0 unspecified atom stereocenters. The normalized spacial score (nSPS) is 11.1. The van der Waals surface area contributed by atoms with Crippen molar-refractivity contribution < 1.29 is 22.8 Å². The van der Waals surface area contributed by atoms with Gasteiger partial charge in [-0.25, -0.2) is 0 Å². The van der Waals surface area contributed by atoms with Crippen LogP contribution in [0.2, 0.25) is 0 Å². The Hall–Kier alpha value is -2.00. The summed E-state index contributed by atoms with van der Waals surface area (Å²) in [5.74, 6) is -1.74. The van der Waals surface area contributed by atoms with Gasteiger partial charge in [-0.05, 0) is 36.4 Å². The number of hydrogen-bond acceptors (Lipinski definition) is 3. The first-order valence-electron chi connectivity index (χ1n) is 7.87. The summed E-state index contributed by atoms with van der Waals surface area (Å²) in [5, 5.41) is 5.21. The average Bonchev–Trinajstić information content (AvgIpc) is 2.60. The minimum atomic E-state index is -4.29. The van der Waals surface area contributed by atoms with Gasteiger partial charge in [0.15, 0.2) is 0 Å². The lowest BCUT2D eigenvalue weighted by atomic mass is 10.2. The van der Waals surface area contributed by atoms with Crippen LogP contribution in [0.5, 0.6) is 0 Å². The van der Waals surface area contributed by atoms with Gasteiger partial charge in [0, 0.05) is 27.9 Å². The molecular weight excluding hydrogens is 445 g/mol. The van der Waals surface area contributed by atoms with E-state index in [0.717, 1.165) is 4.47 Å². The second-order valence-electron chi connectivity index (χ2n) is 5.46. The molecule has 27 heavy (non-hydrogen) atoms. The Balaban J connectivity index is 1.83. The maximum atomic E-state index is 12.4. The highest BCUT2D eigenvalue weighted by atomic mass is 79.9. The molecule has 0 radical (unpaired) electrons. The van der Waals surface area contributed by atoms with Gasteiger partial charge in [-0.15, -0.1) is 11.8 Å². The number of thioether (sulfide) groups is 1. The number of anilines is 1. The van der Waals surface area contributed by atoms with Gasteiger partial charge in [0.2, 0.25) is 5.91 Å². The fourth-order valence-corrected chi connectivity index (χ4v) is 3.09. The van der Waals surface area contributed by atoms with Gasteiger partial charge in [0.05, 0.1) is 11.4 Å². The largest absolute Gasteiger partial charge is 0.398 e. The van der Waals surface area contributed by atoms with E-state index < -0.39 is 17.8 Å². The quantitative estimate of drug-likeness (QED) is 0.579. The Morgan fingerprint density at radius 2 is 1.70 bits per heavy atom. The van der Waals surface area contributed by atoms with Gasteiger partial charge in [-0.2, -0.15) is 13.2 Å². The minimum Gasteiger partial charge on any atom is -0.352 e. The Morgan fingerprint density at radius 3 is 2.37 bits per heavy atom. The number of hydrogen-bond donors (Lipinski definition) is 2. The molecule has 144 valence electrons. The molecule has 0 aliphatic heterocycles. The summed E-state index contributed by atoms with van der Waals surface area (Å²) in [4.78, 5) is 24.3. The zero-order valence-corrected chi connectivity index (χ0v) is 16.4. The molecule has 0 aliphatic carbocycles. The fourth-order valence-electron chi connectivity index (χ4n) is 2.06. The van der Waals surface area contributed by atoms with Crippen molar-refractivity contribution in [3.8, 4) is 0 Å². The molecule has 0 saturated carbocycles. The Kier molecular flexibility index (Phi) is 7.73. The third-order valence-electron chi connectivity index (χ3n) is 3.30. The lowest BCUT2D eigenvalue weighted by Gasteiger charge is -2.12. The van der Waals surface area contributed by atoms with Crippen LogP contribution in [0.3, 0.4) is 0 Å². The molecule has 0 aliphatic rings. The molecule has 0 saturated heterocycles. The van der Waals surface area contributed by atoms with Crippen LogP contribution in [0.25, 0.3) is 0 Å². The third-order valence-corrected chi connectivity index (χ3v) is 4.96. The van der Waals surface area contributed by atoms with E-state index in [1.807, 2.05) is 0 Å². The van der Waals surface area contributed by atoms with E-state index in [-0.39, 0.29) is 18.9 Å². The van der Waals surface area contributed by atoms with Crippen molar-refractivity contribution in [1.82, 2.24) is 5.32 Å². The van der Waals surface area contributed by atoms with Gasteiger partial charge in [0.25, 0.3) is 5.91 Å². The van der Waals surface area contributed by atoms with Crippen molar-refractivity contribution in [2.24, 2.45) is 0 Å². The first kappa shape index (κ1) is 21.3. The number of amides is 2. The van der Waals surface area contributed by atoms with Crippen LogP contribution in [0, 0.1) is 0 Å². The number of carbonyl (C=O) groups is 2. The zero-order valence-electron chi connectivity index (χ0n) is 14.0. The van der Waals surface area contributed by atoms with Gasteiger partial charge in [-0.1, -0.05) is 28.1 Å². The van der Waals surface area contributed by atoms with E-state index in [1.165, 1.54) is 12.1 Å².